The van der Waals surface area contributed by atoms with E-state index in [-0.39, 0.29) is 17.9 Å². The van der Waals surface area contributed by atoms with Crippen molar-refractivity contribution in [1.29, 1.82) is 0 Å². The van der Waals surface area contributed by atoms with Crippen LogP contribution in [-0.4, -0.2) is 25.4 Å². The number of rotatable bonds is 4. The largest absolute Gasteiger partial charge is 0.349 e. The minimum atomic E-state index is -0.0191. The van der Waals surface area contributed by atoms with Gasteiger partial charge < -0.3 is 9.88 Å². The van der Waals surface area contributed by atoms with Gasteiger partial charge in [0.05, 0.1) is 24.1 Å². The Morgan fingerprint density at radius 2 is 2.19 bits per heavy atom. The number of pyridine rings is 1. The maximum absolute atomic E-state index is 12.1. The zero-order valence-corrected chi connectivity index (χ0v) is 16.0. The number of aromatic nitrogens is 4. The van der Waals surface area contributed by atoms with E-state index < -0.39 is 0 Å². The number of hydrogen-bond acceptors (Lipinski definition) is 5. The second kappa shape index (κ2) is 6.13. The number of thiazole rings is 1. The summed E-state index contributed by atoms with van der Waals surface area (Å²) in [5.41, 5.74) is 4.86. The Balaban J connectivity index is 1.51. The standard InChI is InChI=1S/C20H19N5OS/c1-11(23-18(26)12-6-7-12)13-4-3-5-14(8-13)19-24-16-17-15(22-10-25(17)2)9-21-20(16)27-19/h3-5,8-12H,6-7H2,1-2H3,(H,23,26)/t11-/m0/s1. The van der Waals surface area contributed by atoms with Crippen molar-refractivity contribution in [1.82, 2.24) is 24.8 Å². The van der Waals surface area contributed by atoms with E-state index in [9.17, 15) is 4.79 Å². The number of imidazole rings is 1. The zero-order valence-electron chi connectivity index (χ0n) is 15.1. The summed E-state index contributed by atoms with van der Waals surface area (Å²) in [4.78, 5) is 26.7. The number of nitrogens with zero attached hydrogens (tertiary/aromatic N) is 4. The third-order valence-electron chi connectivity index (χ3n) is 5.04. The van der Waals surface area contributed by atoms with Crippen LogP contribution >= 0.6 is 11.3 Å². The Morgan fingerprint density at radius 1 is 1.33 bits per heavy atom. The first-order valence-corrected chi connectivity index (χ1v) is 9.89. The number of nitrogens with one attached hydrogen (secondary N) is 1. The van der Waals surface area contributed by atoms with E-state index in [1.807, 2.05) is 30.7 Å². The molecule has 4 aromatic rings. The van der Waals surface area contributed by atoms with Crippen LogP contribution < -0.4 is 5.32 Å². The van der Waals surface area contributed by atoms with Crippen molar-refractivity contribution < 1.29 is 4.79 Å². The molecule has 1 aromatic carbocycles. The lowest BCUT2D eigenvalue weighted by atomic mass is 10.1. The molecule has 1 saturated carbocycles. The highest BCUT2D eigenvalue weighted by molar-refractivity contribution is 7.21. The molecule has 7 heteroatoms. The van der Waals surface area contributed by atoms with Gasteiger partial charge in [-0.25, -0.2) is 15.0 Å². The molecule has 0 radical (unpaired) electrons. The molecule has 27 heavy (non-hydrogen) atoms. The monoisotopic (exact) mass is 377 g/mol. The van der Waals surface area contributed by atoms with Crippen LogP contribution in [-0.2, 0) is 11.8 Å². The predicted molar refractivity (Wildman–Crippen MR) is 106 cm³/mol. The van der Waals surface area contributed by atoms with E-state index >= 15 is 0 Å². The molecular weight excluding hydrogens is 358 g/mol. The van der Waals surface area contributed by atoms with E-state index in [2.05, 4.69) is 27.4 Å². The first-order chi connectivity index (χ1) is 13.1. The summed E-state index contributed by atoms with van der Waals surface area (Å²) >= 11 is 1.58. The van der Waals surface area contributed by atoms with Gasteiger partial charge in [-0.2, -0.15) is 0 Å². The molecular formula is C20H19N5OS. The van der Waals surface area contributed by atoms with Crippen molar-refractivity contribution in [3.8, 4) is 10.6 Å². The van der Waals surface area contributed by atoms with Gasteiger partial charge in [0.2, 0.25) is 5.91 Å². The van der Waals surface area contributed by atoms with Crippen molar-refractivity contribution in [2.24, 2.45) is 13.0 Å². The highest BCUT2D eigenvalue weighted by Gasteiger charge is 2.30. The number of hydrogen-bond donors (Lipinski definition) is 1. The summed E-state index contributed by atoms with van der Waals surface area (Å²) < 4.78 is 1.98. The van der Waals surface area contributed by atoms with Gasteiger partial charge in [-0.1, -0.05) is 29.5 Å². The molecule has 1 aliphatic carbocycles. The average molecular weight is 377 g/mol. The number of amides is 1. The van der Waals surface area contributed by atoms with Crippen LogP contribution in [0, 0.1) is 5.92 Å². The van der Waals surface area contributed by atoms with E-state index in [0.717, 1.165) is 50.4 Å². The van der Waals surface area contributed by atoms with Gasteiger partial charge in [-0.3, -0.25) is 4.79 Å². The lowest BCUT2D eigenvalue weighted by Crippen LogP contribution is -2.27. The van der Waals surface area contributed by atoms with Crippen molar-refractivity contribution in [3.63, 3.8) is 0 Å². The average Bonchev–Trinajstić information content (AvgIpc) is 3.33. The van der Waals surface area contributed by atoms with Gasteiger partial charge in [0, 0.05) is 18.5 Å². The molecule has 0 bridgehead atoms. The highest BCUT2D eigenvalue weighted by atomic mass is 32.1. The summed E-state index contributed by atoms with van der Waals surface area (Å²) in [6.45, 7) is 2.03. The molecule has 1 aliphatic rings. The van der Waals surface area contributed by atoms with Crippen LogP contribution in [0.5, 0.6) is 0 Å². The van der Waals surface area contributed by atoms with E-state index in [0.29, 0.717) is 0 Å². The third kappa shape index (κ3) is 2.88. The van der Waals surface area contributed by atoms with Gasteiger partial charge in [0.25, 0.3) is 0 Å². The van der Waals surface area contributed by atoms with Crippen LogP contribution in [0.3, 0.4) is 0 Å². The molecule has 1 N–H and O–H groups in total. The van der Waals surface area contributed by atoms with Crippen LogP contribution in [0.2, 0.25) is 0 Å². The molecule has 0 saturated heterocycles. The van der Waals surface area contributed by atoms with Crippen molar-refractivity contribution >= 4 is 38.6 Å². The Hall–Kier alpha value is -2.80. The topological polar surface area (TPSA) is 72.7 Å². The molecule has 3 aromatic heterocycles. The zero-order chi connectivity index (χ0) is 18.5. The van der Waals surface area contributed by atoms with Crippen LogP contribution in [0.15, 0.2) is 36.8 Å². The molecule has 5 rings (SSSR count). The molecule has 136 valence electrons. The molecule has 1 amide bonds. The van der Waals surface area contributed by atoms with Crippen LogP contribution in [0.1, 0.15) is 31.4 Å². The van der Waals surface area contributed by atoms with Gasteiger partial charge in [-0.15, -0.1) is 0 Å². The molecule has 0 unspecified atom stereocenters. The first-order valence-electron chi connectivity index (χ1n) is 9.07. The van der Waals surface area contributed by atoms with Crippen LogP contribution in [0.25, 0.3) is 32.0 Å². The maximum atomic E-state index is 12.1. The number of benzene rings is 1. The molecule has 1 fully saturated rings. The third-order valence-corrected chi connectivity index (χ3v) is 6.06. The molecule has 0 aliphatic heterocycles. The number of aryl methyl sites for hydroxylation is 1. The van der Waals surface area contributed by atoms with Gasteiger partial charge in [-0.05, 0) is 31.4 Å². The Bertz CT molecular complexity index is 1170. The fourth-order valence-corrected chi connectivity index (χ4v) is 4.24. The lowest BCUT2D eigenvalue weighted by Gasteiger charge is -2.14. The number of carbonyl (C=O) groups is 1. The van der Waals surface area contributed by atoms with Crippen LogP contribution in [0.4, 0.5) is 0 Å². The van der Waals surface area contributed by atoms with Gasteiger partial charge in [0.1, 0.15) is 20.9 Å². The maximum Gasteiger partial charge on any atom is 0.223 e. The predicted octanol–water partition coefficient (Wildman–Crippen LogP) is 3.83. The summed E-state index contributed by atoms with van der Waals surface area (Å²) in [7, 11) is 1.97. The summed E-state index contributed by atoms with van der Waals surface area (Å²) in [6, 6.07) is 8.21. The SMILES string of the molecule is C[C@H](NC(=O)C1CC1)c1cccc(-c2nc3c(ncc4ncn(C)c43)s2)c1. The second-order valence-corrected chi connectivity index (χ2v) is 8.13. The normalized spacial score (nSPS) is 15.3. The highest BCUT2D eigenvalue weighted by Crippen LogP contribution is 2.34. The summed E-state index contributed by atoms with van der Waals surface area (Å²) in [6.07, 6.45) is 5.61. The van der Waals surface area contributed by atoms with Crippen molar-refractivity contribution in [3.05, 3.63) is 42.4 Å². The number of fused-ring (bicyclic) bond motifs is 3. The quantitative estimate of drug-likeness (QED) is 0.587. The summed E-state index contributed by atoms with van der Waals surface area (Å²) in [5.74, 6) is 0.378. The fraction of sp³-hybridized carbons (Fsp3) is 0.300. The van der Waals surface area contributed by atoms with Gasteiger partial charge in [0.15, 0.2) is 0 Å². The number of carbonyl (C=O) groups excluding carboxylic acids is 1. The first kappa shape index (κ1) is 16.4. The van der Waals surface area contributed by atoms with Crippen molar-refractivity contribution in [2.75, 3.05) is 0 Å². The van der Waals surface area contributed by atoms with Crippen molar-refractivity contribution in [2.45, 2.75) is 25.8 Å². The molecule has 3 heterocycles. The molecule has 6 nitrogen and oxygen atoms in total. The smallest absolute Gasteiger partial charge is 0.223 e. The molecule has 1 atom stereocenters. The second-order valence-electron chi connectivity index (χ2n) is 7.15. The Kier molecular flexibility index (Phi) is 3.72. The summed E-state index contributed by atoms with van der Waals surface area (Å²) in [5, 5.41) is 4.04. The lowest BCUT2D eigenvalue weighted by molar-refractivity contribution is -0.122. The molecule has 0 spiro atoms. The van der Waals surface area contributed by atoms with E-state index in [1.165, 1.54) is 0 Å². The fourth-order valence-electron chi connectivity index (χ4n) is 3.33. The van der Waals surface area contributed by atoms with E-state index in [4.69, 9.17) is 4.98 Å². The van der Waals surface area contributed by atoms with Gasteiger partial charge >= 0.3 is 0 Å². The Morgan fingerprint density at radius 3 is 3.00 bits per heavy atom. The Labute approximate surface area is 160 Å². The minimum absolute atomic E-state index is 0.0191. The minimum Gasteiger partial charge on any atom is -0.349 e. The van der Waals surface area contributed by atoms with E-state index in [1.54, 1.807) is 23.9 Å².